The van der Waals surface area contributed by atoms with Gasteiger partial charge in [-0.2, -0.15) is 0 Å². The molecule has 3 N–H and O–H groups in total. The van der Waals surface area contributed by atoms with Crippen LogP contribution in [0.2, 0.25) is 0 Å². The van der Waals surface area contributed by atoms with Crippen molar-refractivity contribution in [2.75, 3.05) is 13.2 Å². The summed E-state index contributed by atoms with van der Waals surface area (Å²) in [6.07, 6.45) is 70.0. The standard InChI is InChI=1S/C60H111NO5/c1-3-5-7-9-11-13-15-16-27-31-34-38-42-46-50-54-60(65)66-55-51-47-43-39-35-32-29-26-24-22-20-18-17-19-21-23-25-28-30-33-37-41-45-49-53-59(64)61-57(56-62)58(63)52-48-44-40-36-14-12-10-8-6-4-2/h11,13,16,19,21,27,48,52,57-58,62-63H,3-10,12,14-15,17-18,20,22-26,28-47,49-51,53-56H2,1-2H3,(H,61,64)/b13-11-,21-19-,27-16-,52-48+. The van der Waals surface area contributed by atoms with Gasteiger partial charge in [-0.3, -0.25) is 9.59 Å². The summed E-state index contributed by atoms with van der Waals surface area (Å²) in [5.74, 6) is -0.0779. The minimum absolute atomic E-state index is 0.00271. The van der Waals surface area contributed by atoms with Crippen molar-refractivity contribution in [3.8, 4) is 0 Å². The second-order valence-electron chi connectivity index (χ2n) is 19.6. The van der Waals surface area contributed by atoms with Gasteiger partial charge in [0.2, 0.25) is 5.91 Å². The molecule has 0 rings (SSSR count). The molecule has 0 spiro atoms. The van der Waals surface area contributed by atoms with Gasteiger partial charge in [-0.25, -0.2) is 0 Å². The molecule has 0 aromatic carbocycles. The summed E-state index contributed by atoms with van der Waals surface area (Å²) < 4.78 is 5.47. The van der Waals surface area contributed by atoms with Crippen LogP contribution in [0.25, 0.3) is 0 Å². The molecule has 66 heavy (non-hydrogen) atoms. The Morgan fingerprint density at radius 3 is 1.20 bits per heavy atom. The van der Waals surface area contributed by atoms with Gasteiger partial charge in [0.05, 0.1) is 25.4 Å². The smallest absolute Gasteiger partial charge is 0.305 e. The van der Waals surface area contributed by atoms with E-state index >= 15 is 0 Å². The maximum Gasteiger partial charge on any atom is 0.305 e. The summed E-state index contributed by atoms with van der Waals surface area (Å²) in [7, 11) is 0. The summed E-state index contributed by atoms with van der Waals surface area (Å²) in [5, 5.41) is 23.0. The number of hydrogen-bond acceptors (Lipinski definition) is 5. The lowest BCUT2D eigenvalue weighted by Crippen LogP contribution is -2.45. The van der Waals surface area contributed by atoms with Crippen LogP contribution in [0.3, 0.4) is 0 Å². The van der Waals surface area contributed by atoms with Gasteiger partial charge >= 0.3 is 5.97 Å². The first kappa shape index (κ1) is 63.8. The number of rotatable bonds is 53. The van der Waals surface area contributed by atoms with Crippen LogP contribution in [0.5, 0.6) is 0 Å². The number of carbonyl (C=O) groups is 2. The number of allylic oxidation sites excluding steroid dienone is 7. The monoisotopic (exact) mass is 926 g/mol. The van der Waals surface area contributed by atoms with Crippen molar-refractivity contribution < 1.29 is 24.5 Å². The van der Waals surface area contributed by atoms with E-state index in [1.54, 1.807) is 6.08 Å². The molecule has 2 unspecified atom stereocenters. The predicted molar refractivity (Wildman–Crippen MR) is 287 cm³/mol. The molecular weight excluding hydrogens is 815 g/mol. The molecule has 0 bridgehead atoms. The lowest BCUT2D eigenvalue weighted by molar-refractivity contribution is -0.143. The molecule has 386 valence electrons. The van der Waals surface area contributed by atoms with Gasteiger partial charge in [0.1, 0.15) is 0 Å². The molecule has 0 aliphatic rings. The van der Waals surface area contributed by atoms with Crippen molar-refractivity contribution in [2.45, 2.75) is 309 Å². The zero-order valence-corrected chi connectivity index (χ0v) is 43.9. The van der Waals surface area contributed by atoms with Gasteiger partial charge < -0.3 is 20.3 Å². The first-order valence-corrected chi connectivity index (χ1v) is 28.9. The van der Waals surface area contributed by atoms with Crippen LogP contribution in [0, 0.1) is 0 Å². The van der Waals surface area contributed by atoms with Crippen LogP contribution < -0.4 is 5.32 Å². The SMILES string of the molecule is CCCCC/C=C\C/C=C\CCCCCCCC(=O)OCCCCCCCCCCCCCC/C=C\CCCCCCCCCCC(=O)NC(CO)C(O)/C=C/CCCCCCCCCC. The maximum atomic E-state index is 12.4. The quantitative estimate of drug-likeness (QED) is 0.0321. The molecule has 6 nitrogen and oxygen atoms in total. The molecule has 0 aliphatic carbocycles. The van der Waals surface area contributed by atoms with E-state index in [1.807, 2.05) is 6.08 Å². The van der Waals surface area contributed by atoms with E-state index in [4.69, 9.17) is 4.74 Å². The van der Waals surface area contributed by atoms with E-state index in [9.17, 15) is 19.8 Å². The Morgan fingerprint density at radius 2 is 0.758 bits per heavy atom. The molecule has 0 radical (unpaired) electrons. The highest BCUT2D eigenvalue weighted by Gasteiger charge is 2.18. The lowest BCUT2D eigenvalue weighted by Gasteiger charge is -2.20. The summed E-state index contributed by atoms with van der Waals surface area (Å²) in [6, 6.07) is -0.630. The van der Waals surface area contributed by atoms with E-state index in [-0.39, 0.29) is 18.5 Å². The molecule has 6 heteroatoms. The third-order valence-electron chi connectivity index (χ3n) is 13.1. The fourth-order valence-corrected chi connectivity index (χ4v) is 8.60. The molecule has 0 saturated heterocycles. The van der Waals surface area contributed by atoms with Gasteiger partial charge in [-0.15, -0.1) is 0 Å². The van der Waals surface area contributed by atoms with Crippen LogP contribution in [0.4, 0.5) is 0 Å². The Balaban J connectivity index is 3.41. The number of carbonyl (C=O) groups excluding carboxylic acids is 2. The van der Waals surface area contributed by atoms with Crippen LogP contribution in [-0.4, -0.2) is 47.4 Å². The first-order chi connectivity index (χ1) is 32.5. The zero-order chi connectivity index (χ0) is 47.9. The molecule has 0 fully saturated rings. The molecule has 1 amide bonds. The summed E-state index contributed by atoms with van der Waals surface area (Å²) >= 11 is 0. The van der Waals surface area contributed by atoms with Crippen molar-refractivity contribution in [3.63, 3.8) is 0 Å². The number of aliphatic hydroxyl groups is 2. The highest BCUT2D eigenvalue weighted by atomic mass is 16.5. The van der Waals surface area contributed by atoms with E-state index in [0.29, 0.717) is 19.4 Å². The van der Waals surface area contributed by atoms with Crippen LogP contribution in [-0.2, 0) is 14.3 Å². The van der Waals surface area contributed by atoms with Gasteiger partial charge in [-0.1, -0.05) is 242 Å². The largest absolute Gasteiger partial charge is 0.466 e. The third kappa shape index (κ3) is 51.2. The molecule has 0 aromatic rings. The molecule has 2 atom stereocenters. The lowest BCUT2D eigenvalue weighted by atomic mass is 10.0. The topological polar surface area (TPSA) is 95.9 Å². The normalized spacial score (nSPS) is 13.0. The van der Waals surface area contributed by atoms with Crippen molar-refractivity contribution in [1.82, 2.24) is 5.32 Å². The summed E-state index contributed by atoms with van der Waals surface area (Å²) in [5.41, 5.74) is 0. The average molecular weight is 927 g/mol. The van der Waals surface area contributed by atoms with Crippen molar-refractivity contribution >= 4 is 11.9 Å². The Hall–Kier alpha value is -2.18. The fraction of sp³-hybridized carbons (Fsp3) is 0.833. The second-order valence-corrected chi connectivity index (χ2v) is 19.6. The summed E-state index contributed by atoms with van der Waals surface area (Å²) in [6.45, 7) is 4.85. The third-order valence-corrected chi connectivity index (χ3v) is 13.1. The van der Waals surface area contributed by atoms with Gasteiger partial charge in [-0.05, 0) is 89.9 Å². The number of ether oxygens (including phenoxy) is 1. The molecular formula is C60H111NO5. The van der Waals surface area contributed by atoms with Crippen molar-refractivity contribution in [3.05, 3.63) is 48.6 Å². The number of esters is 1. The number of amides is 1. The van der Waals surface area contributed by atoms with E-state index in [0.717, 1.165) is 51.4 Å². The van der Waals surface area contributed by atoms with Crippen molar-refractivity contribution in [2.24, 2.45) is 0 Å². The fourth-order valence-electron chi connectivity index (χ4n) is 8.60. The predicted octanol–water partition coefficient (Wildman–Crippen LogP) is 17.8. The van der Waals surface area contributed by atoms with Crippen LogP contribution >= 0.6 is 0 Å². The zero-order valence-electron chi connectivity index (χ0n) is 43.9. The number of hydrogen-bond donors (Lipinski definition) is 3. The maximum absolute atomic E-state index is 12.4. The molecule has 0 saturated carbocycles. The number of unbranched alkanes of at least 4 members (excludes halogenated alkanes) is 36. The Kier molecular flexibility index (Phi) is 53.6. The molecule has 0 aliphatic heterocycles. The van der Waals surface area contributed by atoms with Gasteiger partial charge in [0, 0.05) is 12.8 Å². The van der Waals surface area contributed by atoms with E-state index in [1.165, 1.54) is 218 Å². The average Bonchev–Trinajstić information content (AvgIpc) is 3.32. The summed E-state index contributed by atoms with van der Waals surface area (Å²) in [4.78, 5) is 24.4. The molecule has 0 heterocycles. The minimum Gasteiger partial charge on any atom is -0.466 e. The van der Waals surface area contributed by atoms with Gasteiger partial charge in [0.25, 0.3) is 0 Å². The second kappa shape index (κ2) is 55.4. The molecule has 0 aromatic heterocycles. The van der Waals surface area contributed by atoms with E-state index in [2.05, 4.69) is 55.6 Å². The first-order valence-electron chi connectivity index (χ1n) is 28.9. The van der Waals surface area contributed by atoms with E-state index < -0.39 is 12.1 Å². The van der Waals surface area contributed by atoms with Crippen LogP contribution in [0.1, 0.15) is 296 Å². The highest BCUT2D eigenvalue weighted by molar-refractivity contribution is 5.76. The Labute approximate surface area is 410 Å². The minimum atomic E-state index is -0.846. The highest BCUT2D eigenvalue weighted by Crippen LogP contribution is 2.16. The van der Waals surface area contributed by atoms with Gasteiger partial charge in [0.15, 0.2) is 0 Å². The Bertz CT molecular complexity index is 1110. The number of aliphatic hydroxyl groups excluding tert-OH is 2. The van der Waals surface area contributed by atoms with Crippen LogP contribution in [0.15, 0.2) is 48.6 Å². The number of nitrogens with one attached hydrogen (secondary N) is 1. The van der Waals surface area contributed by atoms with Crippen molar-refractivity contribution in [1.29, 1.82) is 0 Å². The Morgan fingerprint density at radius 1 is 0.424 bits per heavy atom.